The number of amides is 1. The van der Waals surface area contributed by atoms with Crippen LogP contribution in [0.5, 0.6) is 0 Å². The molecule has 1 aliphatic rings. The molecule has 3 heterocycles. The van der Waals surface area contributed by atoms with Crippen molar-refractivity contribution in [2.45, 2.75) is 6.92 Å². The van der Waals surface area contributed by atoms with Gasteiger partial charge in [0, 0.05) is 32.2 Å². The van der Waals surface area contributed by atoms with Crippen LogP contribution in [0, 0.1) is 6.92 Å². The number of fused-ring (bicyclic) bond motifs is 1. The Kier molecular flexibility index (Phi) is 4.12. The summed E-state index contributed by atoms with van der Waals surface area (Å²) in [5.41, 5.74) is 1.09. The van der Waals surface area contributed by atoms with Crippen LogP contribution in [0.25, 0.3) is 11.0 Å². The van der Waals surface area contributed by atoms with E-state index in [1.54, 1.807) is 29.2 Å². The predicted octanol–water partition coefficient (Wildman–Crippen LogP) is 1.85. The van der Waals surface area contributed by atoms with Gasteiger partial charge in [0.15, 0.2) is 17.0 Å². The molecule has 1 fully saturated rings. The molecule has 0 aliphatic carbocycles. The first-order valence-electron chi connectivity index (χ1n) is 8.49. The molecule has 0 N–H and O–H groups in total. The van der Waals surface area contributed by atoms with Gasteiger partial charge in [-0.25, -0.2) is 0 Å². The zero-order chi connectivity index (χ0) is 18.1. The van der Waals surface area contributed by atoms with E-state index in [2.05, 4.69) is 15.1 Å². The predicted molar refractivity (Wildman–Crippen MR) is 97.4 cm³/mol. The Bertz CT molecular complexity index is 1010. The van der Waals surface area contributed by atoms with Crippen LogP contribution >= 0.6 is 0 Å². The van der Waals surface area contributed by atoms with Gasteiger partial charge in [0.25, 0.3) is 5.91 Å². The number of aryl methyl sites for hydroxylation is 1. The van der Waals surface area contributed by atoms with Crippen LogP contribution in [0.4, 0.5) is 5.82 Å². The summed E-state index contributed by atoms with van der Waals surface area (Å²) >= 11 is 0. The Morgan fingerprint density at radius 2 is 1.81 bits per heavy atom. The number of anilines is 1. The van der Waals surface area contributed by atoms with Gasteiger partial charge in [0.05, 0.1) is 11.1 Å². The van der Waals surface area contributed by atoms with Crippen LogP contribution in [0.15, 0.2) is 51.7 Å². The molecule has 7 nitrogen and oxygen atoms in total. The van der Waals surface area contributed by atoms with E-state index in [-0.39, 0.29) is 17.1 Å². The standard InChI is InChI=1S/C19H18N4O3/c1-13-6-7-18(21-20-13)22-8-10-23(11-9-22)19(25)17-12-15(24)14-4-2-3-5-16(14)26-17/h2-7,12H,8-11H2,1H3. The molecule has 1 amide bonds. The minimum absolute atomic E-state index is 0.0808. The zero-order valence-corrected chi connectivity index (χ0v) is 14.4. The SMILES string of the molecule is Cc1ccc(N2CCN(C(=O)c3cc(=O)c4ccccc4o3)CC2)nn1. The van der Waals surface area contributed by atoms with Crippen molar-refractivity contribution in [3.8, 4) is 0 Å². The molecular weight excluding hydrogens is 332 g/mol. The molecule has 2 aromatic heterocycles. The summed E-state index contributed by atoms with van der Waals surface area (Å²) in [6, 6.07) is 12.1. The third-order valence-electron chi connectivity index (χ3n) is 4.52. The summed E-state index contributed by atoms with van der Waals surface area (Å²) in [5.74, 6) is 0.625. The molecular formula is C19H18N4O3. The van der Waals surface area contributed by atoms with Gasteiger partial charge in [-0.15, -0.1) is 5.10 Å². The average molecular weight is 350 g/mol. The molecule has 4 rings (SSSR count). The van der Waals surface area contributed by atoms with E-state index in [9.17, 15) is 9.59 Å². The molecule has 1 saturated heterocycles. The largest absolute Gasteiger partial charge is 0.451 e. The first kappa shape index (κ1) is 16.3. The third kappa shape index (κ3) is 3.03. The number of piperazine rings is 1. The number of hydrogen-bond acceptors (Lipinski definition) is 6. The number of nitrogens with zero attached hydrogens (tertiary/aromatic N) is 4. The second-order valence-corrected chi connectivity index (χ2v) is 6.28. The van der Waals surface area contributed by atoms with Crippen molar-refractivity contribution in [2.75, 3.05) is 31.1 Å². The molecule has 0 radical (unpaired) electrons. The Morgan fingerprint density at radius 3 is 2.54 bits per heavy atom. The molecule has 132 valence electrons. The Morgan fingerprint density at radius 1 is 1.04 bits per heavy atom. The van der Waals surface area contributed by atoms with Gasteiger partial charge < -0.3 is 14.2 Å². The maximum absolute atomic E-state index is 12.7. The highest BCUT2D eigenvalue weighted by Crippen LogP contribution is 2.16. The van der Waals surface area contributed by atoms with Crippen molar-refractivity contribution >= 4 is 22.7 Å². The fraction of sp³-hybridized carbons (Fsp3) is 0.263. The Labute approximate surface area is 149 Å². The fourth-order valence-electron chi connectivity index (χ4n) is 3.06. The maximum atomic E-state index is 12.7. The topological polar surface area (TPSA) is 79.5 Å². The maximum Gasteiger partial charge on any atom is 0.289 e. The highest BCUT2D eigenvalue weighted by Gasteiger charge is 2.25. The van der Waals surface area contributed by atoms with Crippen molar-refractivity contribution in [1.29, 1.82) is 0 Å². The number of carbonyl (C=O) groups excluding carboxylic acids is 1. The molecule has 3 aromatic rings. The van der Waals surface area contributed by atoms with Crippen LogP contribution in [-0.2, 0) is 0 Å². The number of hydrogen-bond donors (Lipinski definition) is 0. The molecule has 0 unspecified atom stereocenters. The summed E-state index contributed by atoms with van der Waals surface area (Å²) in [7, 11) is 0. The highest BCUT2D eigenvalue weighted by atomic mass is 16.3. The molecule has 26 heavy (non-hydrogen) atoms. The van der Waals surface area contributed by atoms with Crippen molar-refractivity contribution in [3.05, 3.63) is 64.1 Å². The number of carbonyl (C=O) groups is 1. The monoisotopic (exact) mass is 350 g/mol. The summed E-state index contributed by atoms with van der Waals surface area (Å²) in [6.45, 7) is 4.27. The fourth-order valence-corrected chi connectivity index (χ4v) is 3.06. The van der Waals surface area contributed by atoms with Gasteiger partial charge in [0.2, 0.25) is 0 Å². The van der Waals surface area contributed by atoms with Gasteiger partial charge in [-0.05, 0) is 31.2 Å². The van der Waals surface area contributed by atoms with Crippen molar-refractivity contribution in [3.63, 3.8) is 0 Å². The first-order valence-corrected chi connectivity index (χ1v) is 8.49. The zero-order valence-electron chi connectivity index (χ0n) is 14.4. The van der Waals surface area contributed by atoms with E-state index >= 15 is 0 Å². The summed E-state index contributed by atoms with van der Waals surface area (Å²) in [5, 5.41) is 8.74. The molecule has 0 atom stereocenters. The van der Waals surface area contributed by atoms with E-state index in [1.807, 2.05) is 19.1 Å². The summed E-state index contributed by atoms with van der Waals surface area (Å²) in [6.07, 6.45) is 0. The third-order valence-corrected chi connectivity index (χ3v) is 4.52. The quantitative estimate of drug-likeness (QED) is 0.702. The number of aromatic nitrogens is 2. The number of para-hydroxylation sites is 1. The molecule has 7 heteroatoms. The Balaban J connectivity index is 1.50. The van der Waals surface area contributed by atoms with E-state index in [4.69, 9.17) is 4.42 Å². The number of benzene rings is 1. The second-order valence-electron chi connectivity index (χ2n) is 6.28. The molecule has 0 saturated carbocycles. The average Bonchev–Trinajstić information content (AvgIpc) is 2.68. The van der Waals surface area contributed by atoms with Crippen LogP contribution in [0.2, 0.25) is 0 Å². The van der Waals surface area contributed by atoms with Crippen LogP contribution in [0.1, 0.15) is 16.2 Å². The second kappa shape index (κ2) is 6.59. The minimum atomic E-state index is -0.262. The highest BCUT2D eigenvalue weighted by molar-refractivity contribution is 5.93. The van der Waals surface area contributed by atoms with Crippen molar-refractivity contribution in [1.82, 2.24) is 15.1 Å². The van der Waals surface area contributed by atoms with E-state index in [0.29, 0.717) is 37.1 Å². The summed E-state index contributed by atoms with van der Waals surface area (Å²) < 4.78 is 5.66. The van der Waals surface area contributed by atoms with Gasteiger partial charge in [-0.2, -0.15) is 5.10 Å². The van der Waals surface area contributed by atoms with Gasteiger partial charge in [0.1, 0.15) is 5.58 Å². The van der Waals surface area contributed by atoms with E-state index in [1.165, 1.54) is 6.07 Å². The van der Waals surface area contributed by atoms with Gasteiger partial charge >= 0.3 is 0 Å². The van der Waals surface area contributed by atoms with Crippen molar-refractivity contribution in [2.24, 2.45) is 0 Å². The van der Waals surface area contributed by atoms with Crippen LogP contribution in [-0.4, -0.2) is 47.2 Å². The molecule has 0 spiro atoms. The molecule has 0 bridgehead atoms. The number of rotatable bonds is 2. The van der Waals surface area contributed by atoms with E-state index in [0.717, 1.165) is 11.5 Å². The normalized spacial score (nSPS) is 14.7. The van der Waals surface area contributed by atoms with Crippen molar-refractivity contribution < 1.29 is 9.21 Å². The summed E-state index contributed by atoms with van der Waals surface area (Å²) in [4.78, 5) is 28.7. The Hall–Kier alpha value is -3.22. The van der Waals surface area contributed by atoms with Crippen LogP contribution in [0.3, 0.4) is 0 Å². The first-order chi connectivity index (χ1) is 12.6. The lowest BCUT2D eigenvalue weighted by Crippen LogP contribution is -2.49. The van der Waals surface area contributed by atoms with Crippen LogP contribution < -0.4 is 10.3 Å². The lowest BCUT2D eigenvalue weighted by Gasteiger charge is -2.34. The minimum Gasteiger partial charge on any atom is -0.451 e. The molecule has 1 aliphatic heterocycles. The van der Waals surface area contributed by atoms with Gasteiger partial charge in [-0.3, -0.25) is 9.59 Å². The lowest BCUT2D eigenvalue weighted by molar-refractivity contribution is 0.0715. The molecule has 1 aromatic carbocycles. The van der Waals surface area contributed by atoms with E-state index < -0.39 is 0 Å². The smallest absolute Gasteiger partial charge is 0.289 e. The van der Waals surface area contributed by atoms with Gasteiger partial charge in [-0.1, -0.05) is 12.1 Å². The lowest BCUT2D eigenvalue weighted by atomic mass is 10.2.